The van der Waals surface area contributed by atoms with Gasteiger partial charge in [-0.2, -0.15) is 0 Å². The van der Waals surface area contributed by atoms with E-state index in [4.69, 9.17) is 11.6 Å². The van der Waals surface area contributed by atoms with Gasteiger partial charge in [0.2, 0.25) is 0 Å². The maximum Gasteiger partial charge on any atom is 0.254 e. The molecule has 1 amide bonds. The SMILES string of the molecule is CC(C)c1cc(C(=O)N(C)C2CCCCC2)cc(Cl)n1. The molecule has 0 radical (unpaired) electrons. The second kappa shape index (κ2) is 6.57. The predicted molar refractivity (Wildman–Crippen MR) is 82.3 cm³/mol. The highest BCUT2D eigenvalue weighted by atomic mass is 35.5. The van der Waals surface area contributed by atoms with E-state index in [0.29, 0.717) is 16.8 Å². The number of halogens is 1. The number of carbonyl (C=O) groups excluding carboxylic acids is 1. The molecule has 0 aromatic carbocycles. The van der Waals surface area contributed by atoms with Crippen LogP contribution in [0.3, 0.4) is 0 Å². The molecule has 20 heavy (non-hydrogen) atoms. The first-order valence-electron chi connectivity index (χ1n) is 7.43. The Morgan fingerprint density at radius 2 is 1.95 bits per heavy atom. The second-order valence-electron chi connectivity index (χ2n) is 5.97. The fourth-order valence-electron chi connectivity index (χ4n) is 2.77. The zero-order valence-electron chi connectivity index (χ0n) is 12.5. The van der Waals surface area contributed by atoms with Crippen LogP contribution in [0.2, 0.25) is 5.15 Å². The van der Waals surface area contributed by atoms with Gasteiger partial charge in [-0.25, -0.2) is 4.98 Å². The van der Waals surface area contributed by atoms with Crippen molar-refractivity contribution in [1.29, 1.82) is 0 Å². The predicted octanol–water partition coefficient (Wildman–Crippen LogP) is 4.26. The maximum atomic E-state index is 12.6. The lowest BCUT2D eigenvalue weighted by Gasteiger charge is -2.31. The molecule has 0 spiro atoms. The quantitative estimate of drug-likeness (QED) is 0.780. The van der Waals surface area contributed by atoms with Crippen molar-refractivity contribution in [3.8, 4) is 0 Å². The van der Waals surface area contributed by atoms with Crippen LogP contribution in [0.4, 0.5) is 0 Å². The number of rotatable bonds is 3. The summed E-state index contributed by atoms with van der Waals surface area (Å²) >= 11 is 6.05. The minimum atomic E-state index is 0.0584. The van der Waals surface area contributed by atoms with Crippen molar-refractivity contribution in [2.75, 3.05) is 7.05 Å². The van der Waals surface area contributed by atoms with Crippen LogP contribution >= 0.6 is 11.6 Å². The zero-order chi connectivity index (χ0) is 14.7. The Hall–Kier alpha value is -1.09. The molecule has 1 heterocycles. The van der Waals surface area contributed by atoms with Crippen LogP contribution in [0.25, 0.3) is 0 Å². The highest BCUT2D eigenvalue weighted by Crippen LogP contribution is 2.24. The highest BCUT2D eigenvalue weighted by molar-refractivity contribution is 6.29. The lowest BCUT2D eigenvalue weighted by atomic mass is 9.94. The highest BCUT2D eigenvalue weighted by Gasteiger charge is 2.23. The van der Waals surface area contributed by atoms with E-state index in [9.17, 15) is 4.79 Å². The van der Waals surface area contributed by atoms with Crippen molar-refractivity contribution in [1.82, 2.24) is 9.88 Å². The van der Waals surface area contributed by atoms with Crippen molar-refractivity contribution in [3.05, 3.63) is 28.5 Å². The lowest BCUT2D eigenvalue weighted by molar-refractivity contribution is 0.0696. The van der Waals surface area contributed by atoms with Gasteiger partial charge in [0.25, 0.3) is 5.91 Å². The second-order valence-corrected chi connectivity index (χ2v) is 6.35. The summed E-state index contributed by atoms with van der Waals surface area (Å²) in [5, 5.41) is 0.400. The van der Waals surface area contributed by atoms with E-state index >= 15 is 0 Å². The molecule has 0 unspecified atom stereocenters. The molecule has 1 aromatic heterocycles. The third-order valence-corrected chi connectivity index (χ3v) is 4.29. The average molecular weight is 295 g/mol. The van der Waals surface area contributed by atoms with Crippen LogP contribution in [-0.4, -0.2) is 28.9 Å². The molecule has 1 aliphatic rings. The van der Waals surface area contributed by atoms with Gasteiger partial charge in [0.15, 0.2) is 0 Å². The van der Waals surface area contributed by atoms with Gasteiger partial charge in [-0.3, -0.25) is 4.79 Å². The normalized spacial score (nSPS) is 16.4. The largest absolute Gasteiger partial charge is 0.339 e. The molecule has 4 heteroatoms. The molecule has 0 aliphatic heterocycles. The standard InChI is InChI=1S/C16H23ClN2O/c1-11(2)14-9-12(10-15(17)18-14)16(20)19(3)13-7-5-4-6-8-13/h9-11,13H,4-8H2,1-3H3. The Balaban J connectivity index is 2.19. The van der Waals surface area contributed by atoms with Crippen LogP contribution < -0.4 is 0 Å². The molecule has 1 aromatic rings. The summed E-state index contributed by atoms with van der Waals surface area (Å²) in [6.45, 7) is 4.11. The van der Waals surface area contributed by atoms with E-state index in [0.717, 1.165) is 18.5 Å². The first-order valence-corrected chi connectivity index (χ1v) is 7.81. The summed E-state index contributed by atoms with van der Waals surface area (Å²) in [7, 11) is 1.90. The number of carbonyl (C=O) groups is 1. The summed E-state index contributed by atoms with van der Waals surface area (Å²) in [5.74, 6) is 0.323. The van der Waals surface area contributed by atoms with Gasteiger partial charge in [0.05, 0.1) is 0 Å². The first kappa shape index (κ1) is 15.3. The fourth-order valence-corrected chi connectivity index (χ4v) is 2.99. The molecule has 0 atom stereocenters. The van der Waals surface area contributed by atoms with Crippen molar-refractivity contribution in [2.45, 2.75) is 57.9 Å². The van der Waals surface area contributed by atoms with Gasteiger partial charge in [-0.05, 0) is 30.9 Å². The van der Waals surface area contributed by atoms with Crippen molar-refractivity contribution in [2.24, 2.45) is 0 Å². The van der Waals surface area contributed by atoms with E-state index < -0.39 is 0 Å². The van der Waals surface area contributed by atoms with E-state index in [1.54, 1.807) is 6.07 Å². The van der Waals surface area contributed by atoms with Gasteiger partial charge in [-0.15, -0.1) is 0 Å². The number of aromatic nitrogens is 1. The third-order valence-electron chi connectivity index (χ3n) is 4.10. The Morgan fingerprint density at radius 3 is 2.55 bits per heavy atom. The van der Waals surface area contributed by atoms with Gasteiger partial charge in [-0.1, -0.05) is 44.7 Å². The monoisotopic (exact) mass is 294 g/mol. The number of hydrogen-bond donors (Lipinski definition) is 0. The number of nitrogens with zero attached hydrogens (tertiary/aromatic N) is 2. The van der Waals surface area contributed by atoms with Gasteiger partial charge >= 0.3 is 0 Å². The van der Waals surface area contributed by atoms with Gasteiger partial charge < -0.3 is 4.90 Å². The van der Waals surface area contributed by atoms with Crippen molar-refractivity contribution < 1.29 is 4.79 Å². The number of hydrogen-bond acceptors (Lipinski definition) is 2. The van der Waals surface area contributed by atoms with E-state index in [-0.39, 0.29) is 11.8 Å². The lowest BCUT2D eigenvalue weighted by Crippen LogP contribution is -2.38. The molecule has 110 valence electrons. The minimum absolute atomic E-state index is 0.0584. The van der Waals surface area contributed by atoms with Crippen LogP contribution in [-0.2, 0) is 0 Å². The third kappa shape index (κ3) is 3.51. The summed E-state index contributed by atoms with van der Waals surface area (Å²) in [4.78, 5) is 18.8. The summed E-state index contributed by atoms with van der Waals surface area (Å²) < 4.78 is 0. The first-order chi connectivity index (χ1) is 9.49. The fraction of sp³-hybridized carbons (Fsp3) is 0.625. The Morgan fingerprint density at radius 1 is 1.30 bits per heavy atom. The zero-order valence-corrected chi connectivity index (χ0v) is 13.3. The minimum Gasteiger partial charge on any atom is -0.339 e. The maximum absolute atomic E-state index is 12.6. The molecule has 3 nitrogen and oxygen atoms in total. The van der Waals surface area contributed by atoms with E-state index in [1.165, 1.54) is 19.3 Å². The molecule has 1 saturated carbocycles. The Labute approximate surface area is 126 Å². The van der Waals surface area contributed by atoms with Gasteiger partial charge in [0.1, 0.15) is 5.15 Å². The number of pyridine rings is 1. The molecular formula is C16H23ClN2O. The molecule has 1 fully saturated rings. The van der Waals surface area contributed by atoms with Crippen LogP contribution in [0.5, 0.6) is 0 Å². The van der Waals surface area contributed by atoms with E-state index in [1.807, 2.05) is 18.0 Å². The van der Waals surface area contributed by atoms with Gasteiger partial charge in [0, 0.05) is 24.3 Å². The van der Waals surface area contributed by atoms with Crippen molar-refractivity contribution >= 4 is 17.5 Å². The molecule has 0 bridgehead atoms. The van der Waals surface area contributed by atoms with E-state index in [2.05, 4.69) is 18.8 Å². The van der Waals surface area contributed by atoms with Crippen LogP contribution in [0.1, 0.15) is 67.9 Å². The average Bonchev–Trinajstić information content (AvgIpc) is 2.46. The molecule has 0 N–H and O–H groups in total. The van der Waals surface area contributed by atoms with Crippen molar-refractivity contribution in [3.63, 3.8) is 0 Å². The topological polar surface area (TPSA) is 33.2 Å². The molecule has 1 aliphatic carbocycles. The summed E-state index contributed by atoms with van der Waals surface area (Å²) in [6.07, 6.45) is 5.95. The van der Waals surface area contributed by atoms with Crippen LogP contribution in [0, 0.1) is 0 Å². The van der Waals surface area contributed by atoms with Crippen LogP contribution in [0.15, 0.2) is 12.1 Å². The molecule has 0 saturated heterocycles. The number of amides is 1. The Kier molecular flexibility index (Phi) is 5.03. The summed E-state index contributed by atoms with van der Waals surface area (Å²) in [5.41, 5.74) is 1.53. The molecular weight excluding hydrogens is 272 g/mol. The molecule has 2 rings (SSSR count). The smallest absolute Gasteiger partial charge is 0.254 e. The summed E-state index contributed by atoms with van der Waals surface area (Å²) in [6, 6.07) is 3.92. The Bertz CT molecular complexity index is 481.